The Morgan fingerprint density at radius 3 is 1.98 bits per heavy atom. The monoisotopic (exact) mass is 659 g/mol. The van der Waals surface area contributed by atoms with Crippen LogP contribution in [0.5, 0.6) is 0 Å². The van der Waals surface area contributed by atoms with E-state index in [1.54, 1.807) is 60.7 Å². The topological polar surface area (TPSA) is 86.8 Å². The molecule has 1 atom stereocenters. The molecule has 46 heavy (non-hydrogen) atoms. The number of hydrogen-bond donors (Lipinski definition) is 1. The Hall–Kier alpha value is -4.14. The van der Waals surface area contributed by atoms with Crippen LogP contribution in [-0.4, -0.2) is 44.3 Å². The van der Waals surface area contributed by atoms with Crippen molar-refractivity contribution in [3.05, 3.63) is 130 Å². The van der Waals surface area contributed by atoms with Crippen LogP contribution >= 0.6 is 11.6 Å². The first kappa shape index (κ1) is 34.7. The number of aryl methyl sites for hydroxylation is 3. The number of benzene rings is 4. The predicted octanol–water partition coefficient (Wildman–Crippen LogP) is 6.87. The number of hydrogen-bond acceptors (Lipinski definition) is 4. The van der Waals surface area contributed by atoms with Gasteiger partial charge in [-0.25, -0.2) is 8.42 Å². The van der Waals surface area contributed by atoms with Crippen LogP contribution in [0.4, 0.5) is 5.69 Å². The number of carbonyl (C=O) groups is 2. The van der Waals surface area contributed by atoms with Crippen molar-refractivity contribution in [2.24, 2.45) is 5.92 Å². The smallest absolute Gasteiger partial charge is 0.264 e. The fourth-order valence-electron chi connectivity index (χ4n) is 5.22. The van der Waals surface area contributed by atoms with Crippen LogP contribution in [0.2, 0.25) is 5.02 Å². The molecular formula is C37H42ClN3O4S. The molecule has 4 aromatic rings. The van der Waals surface area contributed by atoms with Crippen LogP contribution in [0.1, 0.15) is 41.7 Å². The standard InChI is InChI=1S/C37H42ClN3O4S/c1-26(2)23-39-37(43)35(22-30-9-7-6-8-10-30)40(24-31-13-15-32(38)16-14-31)36(42)25-41(33-20-28(4)19-29(5)21-33)46(44,45)34-17-11-27(3)12-18-34/h6-21,26,35H,22-25H2,1-5H3,(H,39,43)/t35-/m0/s1. The fraction of sp³-hybridized carbons (Fsp3) is 0.297. The summed E-state index contributed by atoms with van der Waals surface area (Å²) in [4.78, 5) is 30.0. The lowest BCUT2D eigenvalue weighted by atomic mass is 10.0. The summed E-state index contributed by atoms with van der Waals surface area (Å²) < 4.78 is 29.7. The Labute approximate surface area is 278 Å². The average molecular weight is 660 g/mol. The second-order valence-corrected chi connectivity index (χ2v) is 14.5. The summed E-state index contributed by atoms with van der Waals surface area (Å²) in [5.41, 5.74) is 4.64. The molecule has 0 unspecified atom stereocenters. The number of halogens is 1. The predicted molar refractivity (Wildman–Crippen MR) is 185 cm³/mol. The number of rotatable bonds is 13. The number of anilines is 1. The summed E-state index contributed by atoms with van der Waals surface area (Å²) in [7, 11) is -4.17. The quantitative estimate of drug-likeness (QED) is 0.170. The molecule has 0 heterocycles. The molecule has 9 heteroatoms. The Morgan fingerprint density at radius 2 is 1.39 bits per heavy atom. The van der Waals surface area contributed by atoms with Gasteiger partial charge in [0.1, 0.15) is 12.6 Å². The highest BCUT2D eigenvalue weighted by molar-refractivity contribution is 7.92. The summed E-state index contributed by atoms with van der Waals surface area (Å²) in [5, 5.41) is 3.55. The third-order valence-electron chi connectivity index (χ3n) is 7.60. The maximum atomic E-state index is 14.6. The molecular weight excluding hydrogens is 618 g/mol. The molecule has 0 bridgehead atoms. The SMILES string of the molecule is Cc1ccc(S(=O)(=O)N(CC(=O)N(Cc2ccc(Cl)cc2)[C@@H](Cc2ccccc2)C(=O)NCC(C)C)c2cc(C)cc(C)c2)cc1. The minimum Gasteiger partial charge on any atom is -0.354 e. The van der Waals surface area contributed by atoms with E-state index in [2.05, 4.69) is 5.32 Å². The molecule has 242 valence electrons. The zero-order valence-corrected chi connectivity index (χ0v) is 28.6. The molecule has 0 radical (unpaired) electrons. The Bertz CT molecular complexity index is 1720. The molecule has 0 fully saturated rings. The van der Waals surface area contributed by atoms with Gasteiger partial charge in [-0.1, -0.05) is 91.7 Å². The lowest BCUT2D eigenvalue weighted by Gasteiger charge is -2.34. The molecule has 0 spiro atoms. The van der Waals surface area contributed by atoms with Crippen molar-refractivity contribution in [3.63, 3.8) is 0 Å². The highest BCUT2D eigenvalue weighted by Crippen LogP contribution is 2.27. The third-order valence-corrected chi connectivity index (χ3v) is 9.64. The van der Waals surface area contributed by atoms with E-state index >= 15 is 0 Å². The van der Waals surface area contributed by atoms with E-state index in [0.717, 1.165) is 32.1 Å². The van der Waals surface area contributed by atoms with Crippen molar-refractivity contribution in [1.82, 2.24) is 10.2 Å². The van der Waals surface area contributed by atoms with Crippen LogP contribution in [-0.2, 0) is 32.6 Å². The van der Waals surface area contributed by atoms with E-state index in [4.69, 9.17) is 11.6 Å². The molecule has 0 aliphatic rings. The second kappa shape index (κ2) is 15.4. The number of amides is 2. The van der Waals surface area contributed by atoms with Gasteiger partial charge in [0.25, 0.3) is 10.0 Å². The number of nitrogens with one attached hydrogen (secondary N) is 1. The van der Waals surface area contributed by atoms with Crippen molar-refractivity contribution < 1.29 is 18.0 Å². The molecule has 7 nitrogen and oxygen atoms in total. The molecule has 0 aliphatic carbocycles. The Balaban J connectivity index is 1.82. The van der Waals surface area contributed by atoms with Crippen molar-refractivity contribution in [3.8, 4) is 0 Å². The Morgan fingerprint density at radius 1 is 0.783 bits per heavy atom. The van der Waals surface area contributed by atoms with E-state index in [9.17, 15) is 18.0 Å². The van der Waals surface area contributed by atoms with Crippen molar-refractivity contribution in [1.29, 1.82) is 0 Å². The second-order valence-electron chi connectivity index (χ2n) is 12.2. The minimum absolute atomic E-state index is 0.0739. The van der Waals surface area contributed by atoms with Crippen molar-refractivity contribution in [2.75, 3.05) is 17.4 Å². The first-order valence-corrected chi connectivity index (χ1v) is 17.2. The van der Waals surface area contributed by atoms with Gasteiger partial charge in [0.2, 0.25) is 11.8 Å². The van der Waals surface area contributed by atoms with Crippen LogP contribution in [0.3, 0.4) is 0 Å². The first-order chi connectivity index (χ1) is 21.8. The van der Waals surface area contributed by atoms with Crippen LogP contribution < -0.4 is 9.62 Å². The lowest BCUT2D eigenvalue weighted by molar-refractivity contribution is -0.140. The summed E-state index contributed by atoms with van der Waals surface area (Å²) in [6.07, 6.45) is 0.248. The average Bonchev–Trinajstić information content (AvgIpc) is 3.01. The van der Waals surface area contributed by atoms with Gasteiger partial charge in [0.15, 0.2) is 0 Å². The first-order valence-electron chi connectivity index (χ1n) is 15.4. The molecule has 0 saturated carbocycles. The molecule has 1 N–H and O–H groups in total. The third kappa shape index (κ3) is 9.21. The van der Waals surface area contributed by atoms with Gasteiger partial charge >= 0.3 is 0 Å². The van der Waals surface area contributed by atoms with Crippen LogP contribution in [0.25, 0.3) is 0 Å². The molecule has 4 aromatic carbocycles. The molecule has 0 aromatic heterocycles. The van der Waals surface area contributed by atoms with Gasteiger partial charge in [-0.05, 0) is 85.3 Å². The molecule has 4 rings (SSSR count). The molecule has 2 amide bonds. The Kier molecular flexibility index (Phi) is 11.7. The van der Waals surface area contributed by atoms with E-state index in [-0.39, 0.29) is 29.7 Å². The van der Waals surface area contributed by atoms with Gasteiger partial charge < -0.3 is 10.2 Å². The maximum absolute atomic E-state index is 14.6. The largest absolute Gasteiger partial charge is 0.354 e. The van der Waals surface area contributed by atoms with Gasteiger partial charge in [0, 0.05) is 24.5 Å². The maximum Gasteiger partial charge on any atom is 0.264 e. The zero-order chi connectivity index (χ0) is 33.4. The molecule has 0 saturated heterocycles. The zero-order valence-electron chi connectivity index (χ0n) is 27.0. The fourth-order valence-corrected chi connectivity index (χ4v) is 6.75. The highest BCUT2D eigenvalue weighted by atomic mass is 35.5. The minimum atomic E-state index is -4.17. The summed E-state index contributed by atoms with van der Waals surface area (Å²) in [6, 6.07) is 27.7. The lowest BCUT2D eigenvalue weighted by Crippen LogP contribution is -2.53. The normalized spacial score (nSPS) is 12.1. The number of sulfonamides is 1. The van der Waals surface area contributed by atoms with Crippen LogP contribution in [0.15, 0.2) is 102 Å². The summed E-state index contributed by atoms with van der Waals surface area (Å²) >= 11 is 6.16. The van der Waals surface area contributed by atoms with Gasteiger partial charge in [-0.3, -0.25) is 13.9 Å². The van der Waals surface area contributed by atoms with Gasteiger partial charge in [-0.15, -0.1) is 0 Å². The van der Waals surface area contributed by atoms with Gasteiger partial charge in [-0.2, -0.15) is 0 Å². The van der Waals surface area contributed by atoms with E-state index in [0.29, 0.717) is 17.3 Å². The number of nitrogens with zero attached hydrogens (tertiary/aromatic N) is 2. The van der Waals surface area contributed by atoms with Crippen molar-refractivity contribution >= 4 is 39.1 Å². The summed E-state index contributed by atoms with van der Waals surface area (Å²) in [5.74, 6) is -0.619. The highest BCUT2D eigenvalue weighted by Gasteiger charge is 2.34. The van der Waals surface area contributed by atoms with E-state index in [1.807, 2.05) is 71.0 Å². The number of carbonyl (C=O) groups excluding carboxylic acids is 2. The van der Waals surface area contributed by atoms with E-state index < -0.39 is 28.5 Å². The van der Waals surface area contributed by atoms with Gasteiger partial charge in [0.05, 0.1) is 10.6 Å². The van der Waals surface area contributed by atoms with Crippen LogP contribution in [0, 0.1) is 26.7 Å². The molecule has 0 aliphatic heterocycles. The summed E-state index contributed by atoms with van der Waals surface area (Å²) in [6.45, 7) is 9.66. The van der Waals surface area contributed by atoms with Crippen molar-refractivity contribution in [2.45, 2.75) is 58.5 Å². The van der Waals surface area contributed by atoms with E-state index in [1.165, 1.54) is 4.90 Å².